The first kappa shape index (κ1) is 13.4. The number of carbonyl (C=O) groups excluding carboxylic acids is 1. The highest BCUT2D eigenvalue weighted by Crippen LogP contribution is 2.19. The minimum absolute atomic E-state index is 0.0452. The van der Waals surface area contributed by atoms with Crippen molar-refractivity contribution in [3.8, 4) is 17.6 Å². The SMILES string of the molecule is COc1cc(Cl)cc(C#CCCNC(C)=O)c1. The molecule has 4 heteroatoms. The molecule has 0 aliphatic rings. The van der Waals surface area contributed by atoms with E-state index in [-0.39, 0.29) is 5.91 Å². The van der Waals surface area contributed by atoms with E-state index in [1.807, 2.05) is 6.07 Å². The molecule has 0 heterocycles. The lowest BCUT2D eigenvalue weighted by Crippen LogP contribution is -2.20. The van der Waals surface area contributed by atoms with Crippen molar-refractivity contribution in [3.63, 3.8) is 0 Å². The van der Waals surface area contributed by atoms with Crippen LogP contribution in [-0.4, -0.2) is 19.6 Å². The highest BCUT2D eigenvalue weighted by molar-refractivity contribution is 6.30. The maximum atomic E-state index is 10.6. The zero-order chi connectivity index (χ0) is 12.7. The van der Waals surface area contributed by atoms with Crippen molar-refractivity contribution in [2.75, 3.05) is 13.7 Å². The van der Waals surface area contributed by atoms with Crippen LogP contribution in [0.25, 0.3) is 0 Å². The molecule has 0 unspecified atom stereocenters. The summed E-state index contributed by atoms with van der Waals surface area (Å²) >= 11 is 5.91. The molecule has 1 aromatic rings. The number of ether oxygens (including phenoxy) is 1. The molecule has 0 spiro atoms. The van der Waals surface area contributed by atoms with Crippen LogP contribution in [0.2, 0.25) is 5.02 Å². The molecule has 1 aromatic carbocycles. The summed E-state index contributed by atoms with van der Waals surface area (Å²) in [5.41, 5.74) is 0.803. The third-order valence-electron chi connectivity index (χ3n) is 1.96. The third-order valence-corrected chi connectivity index (χ3v) is 2.18. The van der Waals surface area contributed by atoms with Gasteiger partial charge in [-0.15, -0.1) is 0 Å². The minimum atomic E-state index is -0.0452. The van der Waals surface area contributed by atoms with Gasteiger partial charge in [-0.25, -0.2) is 0 Å². The molecule has 0 bridgehead atoms. The molecule has 90 valence electrons. The minimum Gasteiger partial charge on any atom is -0.497 e. The molecular formula is C13H14ClNO2. The van der Waals surface area contributed by atoms with Gasteiger partial charge in [0.05, 0.1) is 7.11 Å². The molecule has 0 radical (unpaired) electrons. The van der Waals surface area contributed by atoms with E-state index in [0.717, 1.165) is 5.56 Å². The van der Waals surface area contributed by atoms with Gasteiger partial charge < -0.3 is 10.1 Å². The molecule has 1 rings (SSSR count). The Balaban J connectivity index is 2.59. The summed E-state index contributed by atoms with van der Waals surface area (Å²) in [5, 5.41) is 3.27. The largest absolute Gasteiger partial charge is 0.497 e. The number of carbonyl (C=O) groups is 1. The normalized spacial score (nSPS) is 9.12. The molecule has 1 amide bonds. The zero-order valence-corrected chi connectivity index (χ0v) is 10.6. The Labute approximate surface area is 106 Å². The van der Waals surface area contributed by atoms with Crippen LogP contribution >= 0.6 is 11.6 Å². The summed E-state index contributed by atoms with van der Waals surface area (Å²) in [6, 6.07) is 5.32. The van der Waals surface area contributed by atoms with Crippen LogP contribution in [0.4, 0.5) is 0 Å². The van der Waals surface area contributed by atoms with Crippen LogP contribution in [-0.2, 0) is 4.79 Å². The molecule has 3 nitrogen and oxygen atoms in total. The highest BCUT2D eigenvalue weighted by Gasteiger charge is 1.96. The van der Waals surface area contributed by atoms with Gasteiger partial charge in [0.1, 0.15) is 5.75 Å². The summed E-state index contributed by atoms with van der Waals surface area (Å²) in [5.74, 6) is 6.56. The zero-order valence-electron chi connectivity index (χ0n) is 9.84. The summed E-state index contributed by atoms with van der Waals surface area (Å²) < 4.78 is 5.09. The van der Waals surface area contributed by atoms with Gasteiger partial charge in [0.15, 0.2) is 0 Å². The third kappa shape index (κ3) is 5.28. The second-order valence-corrected chi connectivity index (χ2v) is 3.85. The second kappa shape index (κ2) is 6.82. The first-order valence-corrected chi connectivity index (χ1v) is 5.57. The molecule has 0 atom stereocenters. The Morgan fingerprint density at radius 3 is 2.88 bits per heavy atom. The number of benzene rings is 1. The molecule has 17 heavy (non-hydrogen) atoms. The van der Waals surface area contributed by atoms with Crippen LogP contribution < -0.4 is 10.1 Å². The molecule has 0 saturated heterocycles. The summed E-state index contributed by atoms with van der Waals surface area (Å²) in [6.07, 6.45) is 0.606. The molecular weight excluding hydrogens is 238 g/mol. The Hall–Kier alpha value is -1.66. The van der Waals surface area contributed by atoms with Gasteiger partial charge in [-0.2, -0.15) is 0 Å². The van der Waals surface area contributed by atoms with Crippen molar-refractivity contribution in [3.05, 3.63) is 28.8 Å². The van der Waals surface area contributed by atoms with E-state index in [0.29, 0.717) is 23.7 Å². The van der Waals surface area contributed by atoms with Crippen molar-refractivity contribution in [1.82, 2.24) is 5.32 Å². The van der Waals surface area contributed by atoms with Gasteiger partial charge in [0.2, 0.25) is 5.91 Å². The lowest BCUT2D eigenvalue weighted by atomic mass is 10.2. The second-order valence-electron chi connectivity index (χ2n) is 3.41. The standard InChI is InChI=1S/C13H14ClNO2/c1-10(16)15-6-4-3-5-11-7-12(14)9-13(8-11)17-2/h7-9H,4,6H2,1-2H3,(H,15,16). The Kier molecular flexibility index (Phi) is 5.38. The topological polar surface area (TPSA) is 38.3 Å². The monoisotopic (exact) mass is 251 g/mol. The fourth-order valence-electron chi connectivity index (χ4n) is 1.22. The van der Waals surface area contributed by atoms with Gasteiger partial charge in [0, 0.05) is 30.5 Å². The van der Waals surface area contributed by atoms with E-state index in [1.54, 1.807) is 19.2 Å². The van der Waals surface area contributed by atoms with Crippen molar-refractivity contribution in [1.29, 1.82) is 0 Å². The lowest BCUT2D eigenvalue weighted by Gasteiger charge is -2.00. The van der Waals surface area contributed by atoms with E-state index in [2.05, 4.69) is 17.2 Å². The fraction of sp³-hybridized carbons (Fsp3) is 0.308. The van der Waals surface area contributed by atoms with Gasteiger partial charge in [-0.3, -0.25) is 4.79 Å². The lowest BCUT2D eigenvalue weighted by molar-refractivity contribution is -0.118. The van der Waals surface area contributed by atoms with Gasteiger partial charge in [-0.05, 0) is 18.2 Å². The Bertz CT molecular complexity index is 460. The van der Waals surface area contributed by atoms with Crippen molar-refractivity contribution >= 4 is 17.5 Å². The summed E-state index contributed by atoms with van der Waals surface area (Å²) in [4.78, 5) is 10.6. The first-order valence-electron chi connectivity index (χ1n) is 5.19. The van der Waals surface area contributed by atoms with Crippen LogP contribution in [0.1, 0.15) is 18.9 Å². The predicted molar refractivity (Wildman–Crippen MR) is 68.2 cm³/mol. The van der Waals surface area contributed by atoms with Crippen LogP contribution in [0.5, 0.6) is 5.75 Å². The number of rotatable bonds is 3. The smallest absolute Gasteiger partial charge is 0.216 e. The fourth-order valence-corrected chi connectivity index (χ4v) is 1.44. The maximum Gasteiger partial charge on any atom is 0.216 e. The van der Waals surface area contributed by atoms with E-state index < -0.39 is 0 Å². The van der Waals surface area contributed by atoms with Gasteiger partial charge >= 0.3 is 0 Å². The average molecular weight is 252 g/mol. The van der Waals surface area contributed by atoms with Gasteiger partial charge in [0.25, 0.3) is 0 Å². The van der Waals surface area contributed by atoms with Crippen molar-refractivity contribution in [2.24, 2.45) is 0 Å². The van der Waals surface area contributed by atoms with E-state index in [9.17, 15) is 4.79 Å². The van der Waals surface area contributed by atoms with E-state index >= 15 is 0 Å². The van der Waals surface area contributed by atoms with E-state index in [1.165, 1.54) is 6.92 Å². The predicted octanol–water partition coefficient (Wildman–Crippen LogP) is 2.23. The first-order chi connectivity index (χ1) is 8.11. The number of amides is 1. The van der Waals surface area contributed by atoms with Crippen LogP contribution in [0, 0.1) is 11.8 Å². The van der Waals surface area contributed by atoms with E-state index in [4.69, 9.17) is 16.3 Å². The highest BCUT2D eigenvalue weighted by atomic mass is 35.5. The number of hydrogen-bond acceptors (Lipinski definition) is 2. The molecule has 1 N–H and O–H groups in total. The molecule has 0 aromatic heterocycles. The molecule has 0 aliphatic carbocycles. The average Bonchev–Trinajstić information content (AvgIpc) is 2.27. The van der Waals surface area contributed by atoms with Crippen LogP contribution in [0.3, 0.4) is 0 Å². The Morgan fingerprint density at radius 1 is 1.47 bits per heavy atom. The van der Waals surface area contributed by atoms with Crippen molar-refractivity contribution < 1.29 is 9.53 Å². The molecule has 0 aliphatic heterocycles. The number of nitrogens with one attached hydrogen (secondary N) is 1. The Morgan fingerprint density at radius 2 is 2.24 bits per heavy atom. The summed E-state index contributed by atoms with van der Waals surface area (Å²) in [6.45, 7) is 2.04. The van der Waals surface area contributed by atoms with Gasteiger partial charge in [-0.1, -0.05) is 23.4 Å². The van der Waals surface area contributed by atoms with Crippen molar-refractivity contribution in [2.45, 2.75) is 13.3 Å². The summed E-state index contributed by atoms with van der Waals surface area (Å²) in [7, 11) is 1.58. The maximum absolute atomic E-state index is 10.6. The number of methoxy groups -OCH3 is 1. The quantitative estimate of drug-likeness (QED) is 0.661. The molecule has 0 saturated carbocycles. The molecule has 0 fully saturated rings. The number of halogens is 1. The van der Waals surface area contributed by atoms with Crippen LogP contribution in [0.15, 0.2) is 18.2 Å². The number of hydrogen-bond donors (Lipinski definition) is 1.